The molecule has 0 aromatic carbocycles. The Kier molecular flexibility index (Phi) is 11.5. The average molecular weight is 487 g/mol. The minimum Gasteiger partial charge on any atom is -0.467 e. The zero-order valence-electron chi connectivity index (χ0n) is 22.1. The summed E-state index contributed by atoms with van der Waals surface area (Å²) in [5.74, 6) is -2.14. The number of hydrogen-bond donors (Lipinski definition) is 4. The molecule has 4 amide bonds. The highest BCUT2D eigenvalue weighted by Crippen LogP contribution is 2.12. The molecule has 0 aromatic rings. The van der Waals surface area contributed by atoms with Crippen LogP contribution < -0.4 is 21.3 Å². The Morgan fingerprint density at radius 1 is 0.853 bits per heavy atom. The molecule has 0 spiro atoms. The molecule has 0 saturated heterocycles. The van der Waals surface area contributed by atoms with E-state index in [1.807, 2.05) is 13.8 Å². The quantitative estimate of drug-likeness (QED) is 0.322. The van der Waals surface area contributed by atoms with Gasteiger partial charge in [0.1, 0.15) is 22.7 Å². The van der Waals surface area contributed by atoms with Gasteiger partial charge in [-0.3, -0.25) is 14.4 Å². The van der Waals surface area contributed by atoms with Crippen LogP contribution >= 0.6 is 0 Å². The fourth-order valence-corrected chi connectivity index (χ4v) is 2.80. The summed E-state index contributed by atoms with van der Waals surface area (Å²) >= 11 is 0. The van der Waals surface area contributed by atoms with Crippen LogP contribution in [-0.4, -0.2) is 66.2 Å². The third-order valence-electron chi connectivity index (χ3n) is 4.50. The van der Waals surface area contributed by atoms with E-state index >= 15 is 0 Å². The Labute approximate surface area is 202 Å². The van der Waals surface area contributed by atoms with Gasteiger partial charge in [0, 0.05) is 13.0 Å². The molecule has 11 heteroatoms. The first-order valence-electron chi connectivity index (χ1n) is 11.3. The van der Waals surface area contributed by atoms with Crippen LogP contribution in [0.2, 0.25) is 0 Å². The van der Waals surface area contributed by atoms with Crippen molar-refractivity contribution in [1.82, 2.24) is 21.3 Å². The van der Waals surface area contributed by atoms with Gasteiger partial charge in [-0.15, -0.1) is 0 Å². The molecular weight excluding hydrogens is 444 g/mol. The van der Waals surface area contributed by atoms with Gasteiger partial charge in [0.25, 0.3) is 0 Å². The first-order chi connectivity index (χ1) is 15.3. The van der Waals surface area contributed by atoms with E-state index < -0.39 is 52.5 Å². The number of rotatable bonds is 11. The van der Waals surface area contributed by atoms with Gasteiger partial charge in [-0.25, -0.2) is 9.59 Å². The predicted octanol–water partition coefficient (Wildman–Crippen LogP) is 1.39. The molecule has 0 aliphatic rings. The maximum absolute atomic E-state index is 12.9. The summed E-state index contributed by atoms with van der Waals surface area (Å²) in [5.41, 5.74) is -3.27. The molecule has 0 bridgehead atoms. The third kappa shape index (κ3) is 11.9. The lowest BCUT2D eigenvalue weighted by molar-refractivity contribution is -0.149. The van der Waals surface area contributed by atoms with Crippen molar-refractivity contribution in [3.63, 3.8) is 0 Å². The van der Waals surface area contributed by atoms with Crippen molar-refractivity contribution in [2.24, 2.45) is 5.92 Å². The van der Waals surface area contributed by atoms with Crippen LogP contribution in [0.1, 0.15) is 75.2 Å². The van der Waals surface area contributed by atoms with E-state index in [4.69, 9.17) is 9.47 Å². The van der Waals surface area contributed by atoms with Crippen LogP contribution in [0.5, 0.6) is 0 Å². The highest BCUT2D eigenvalue weighted by atomic mass is 16.6. The minimum absolute atomic E-state index is 0.0272. The molecule has 11 nitrogen and oxygen atoms in total. The summed E-state index contributed by atoms with van der Waals surface area (Å²) in [6.45, 7) is 15.0. The Hall–Kier alpha value is -2.85. The number of hydrogen-bond acceptors (Lipinski definition) is 7. The molecule has 0 aliphatic carbocycles. The largest absolute Gasteiger partial charge is 0.467 e. The van der Waals surface area contributed by atoms with E-state index in [1.54, 1.807) is 20.8 Å². The van der Waals surface area contributed by atoms with Crippen LogP contribution in [0.15, 0.2) is 0 Å². The van der Waals surface area contributed by atoms with E-state index in [9.17, 15) is 24.0 Å². The van der Waals surface area contributed by atoms with Gasteiger partial charge in [0.15, 0.2) is 0 Å². The Bertz CT molecular complexity index is 755. The summed E-state index contributed by atoms with van der Waals surface area (Å²) in [7, 11) is 1.22. The van der Waals surface area contributed by atoms with Gasteiger partial charge in [0.2, 0.25) is 17.7 Å². The van der Waals surface area contributed by atoms with Crippen LogP contribution in [0.4, 0.5) is 4.79 Å². The number of carbonyl (C=O) groups excluding carboxylic acids is 5. The van der Waals surface area contributed by atoms with Gasteiger partial charge in [0.05, 0.1) is 7.11 Å². The number of esters is 1. The lowest BCUT2D eigenvalue weighted by atomic mass is 9.98. The molecule has 1 atom stereocenters. The van der Waals surface area contributed by atoms with Crippen molar-refractivity contribution >= 4 is 29.8 Å². The highest BCUT2D eigenvalue weighted by molar-refractivity contribution is 5.96. The molecule has 34 heavy (non-hydrogen) atoms. The SMILES string of the molecule is COC(=O)C(C)(C)NC(=O)[C@H](CC(C)C)NC(=O)C(C)(C)NC(=O)CCNC(=O)OC(C)(C)C. The number of nitrogens with one attached hydrogen (secondary N) is 4. The second-order valence-corrected chi connectivity index (χ2v) is 10.6. The number of methoxy groups -OCH3 is 1. The average Bonchev–Trinajstić information content (AvgIpc) is 2.63. The van der Waals surface area contributed by atoms with E-state index in [0.717, 1.165) is 0 Å². The van der Waals surface area contributed by atoms with Crippen molar-refractivity contribution in [1.29, 1.82) is 0 Å². The van der Waals surface area contributed by atoms with E-state index in [1.165, 1.54) is 34.8 Å². The lowest BCUT2D eigenvalue weighted by Gasteiger charge is -2.31. The molecule has 0 aliphatic heterocycles. The summed E-state index contributed by atoms with van der Waals surface area (Å²) < 4.78 is 9.80. The maximum atomic E-state index is 12.9. The molecule has 0 heterocycles. The summed E-state index contributed by atoms with van der Waals surface area (Å²) in [6.07, 6.45) is -0.396. The van der Waals surface area contributed by atoms with Crippen molar-refractivity contribution < 1.29 is 33.4 Å². The van der Waals surface area contributed by atoms with Crippen molar-refractivity contribution in [2.75, 3.05) is 13.7 Å². The molecule has 0 aromatic heterocycles. The van der Waals surface area contributed by atoms with Crippen molar-refractivity contribution in [3.8, 4) is 0 Å². The molecule has 0 radical (unpaired) electrons. The Morgan fingerprint density at radius 2 is 1.41 bits per heavy atom. The smallest absolute Gasteiger partial charge is 0.407 e. The summed E-state index contributed by atoms with van der Waals surface area (Å²) in [4.78, 5) is 61.6. The predicted molar refractivity (Wildman–Crippen MR) is 127 cm³/mol. The second kappa shape index (κ2) is 12.6. The van der Waals surface area contributed by atoms with E-state index in [-0.39, 0.29) is 18.9 Å². The van der Waals surface area contributed by atoms with Crippen molar-refractivity contribution in [2.45, 2.75) is 97.9 Å². The highest BCUT2D eigenvalue weighted by Gasteiger charge is 2.36. The standard InChI is InChI=1S/C23H42N4O7/c1-14(2)13-15(17(29)27-23(8,9)19(31)33-10)25-18(30)22(6,7)26-16(28)11-12-24-20(32)34-21(3,4)5/h14-15H,11-13H2,1-10H3,(H,24,32)(H,25,30)(H,26,28)(H,27,29)/t15-/m0/s1. The van der Waals surface area contributed by atoms with Gasteiger partial charge < -0.3 is 30.7 Å². The number of amides is 4. The maximum Gasteiger partial charge on any atom is 0.407 e. The first kappa shape index (κ1) is 31.1. The minimum atomic E-state index is -1.34. The lowest BCUT2D eigenvalue weighted by Crippen LogP contribution is -2.61. The zero-order chi connectivity index (χ0) is 26.9. The van der Waals surface area contributed by atoms with E-state index in [2.05, 4.69) is 21.3 Å². The molecule has 4 N–H and O–H groups in total. The third-order valence-corrected chi connectivity index (χ3v) is 4.50. The van der Waals surface area contributed by atoms with Gasteiger partial charge in [-0.1, -0.05) is 13.8 Å². The van der Waals surface area contributed by atoms with Gasteiger partial charge in [-0.05, 0) is 60.8 Å². The van der Waals surface area contributed by atoms with Crippen LogP contribution in [0.25, 0.3) is 0 Å². The van der Waals surface area contributed by atoms with E-state index in [0.29, 0.717) is 6.42 Å². The van der Waals surface area contributed by atoms with Crippen LogP contribution in [0.3, 0.4) is 0 Å². The second-order valence-electron chi connectivity index (χ2n) is 10.6. The molecule has 0 saturated carbocycles. The number of carbonyl (C=O) groups is 5. The molecule has 196 valence electrons. The number of ether oxygens (including phenoxy) is 2. The Morgan fingerprint density at radius 3 is 1.88 bits per heavy atom. The topological polar surface area (TPSA) is 152 Å². The number of alkyl carbamates (subject to hydrolysis) is 1. The fourth-order valence-electron chi connectivity index (χ4n) is 2.80. The van der Waals surface area contributed by atoms with Crippen LogP contribution in [-0.2, 0) is 28.7 Å². The molecule has 0 rings (SSSR count). The molecular formula is C23H42N4O7. The summed E-state index contributed by atoms with van der Waals surface area (Å²) in [5, 5.41) is 10.3. The Balaban J connectivity index is 5.05. The fraction of sp³-hybridized carbons (Fsp3) is 0.783. The van der Waals surface area contributed by atoms with Gasteiger partial charge >= 0.3 is 12.1 Å². The monoisotopic (exact) mass is 486 g/mol. The summed E-state index contributed by atoms with van der Waals surface area (Å²) in [6, 6.07) is -0.929. The first-order valence-corrected chi connectivity index (χ1v) is 11.3. The molecule has 0 unspecified atom stereocenters. The normalized spacial score (nSPS) is 12.9. The van der Waals surface area contributed by atoms with Crippen molar-refractivity contribution in [3.05, 3.63) is 0 Å². The van der Waals surface area contributed by atoms with Gasteiger partial charge in [-0.2, -0.15) is 0 Å². The zero-order valence-corrected chi connectivity index (χ0v) is 22.1. The molecule has 0 fully saturated rings. The van der Waals surface area contributed by atoms with Crippen LogP contribution in [0, 0.1) is 5.92 Å².